The number of nitrogens with zero attached hydrogens (tertiary/aromatic N) is 2. The summed E-state index contributed by atoms with van der Waals surface area (Å²) in [6.07, 6.45) is 15.1. The van der Waals surface area contributed by atoms with Crippen LogP contribution in [-0.4, -0.2) is 16.1 Å². The number of rotatable bonds is 4. The van der Waals surface area contributed by atoms with Gasteiger partial charge in [-0.3, -0.25) is 0 Å². The lowest BCUT2D eigenvalue weighted by atomic mass is 9.80. The average Bonchev–Trinajstić information content (AvgIpc) is 3.08. The zero-order chi connectivity index (χ0) is 13.1. The third kappa shape index (κ3) is 2.96. The van der Waals surface area contributed by atoms with Crippen molar-refractivity contribution in [3.05, 3.63) is 12.4 Å². The van der Waals surface area contributed by atoms with E-state index in [-0.39, 0.29) is 0 Å². The Morgan fingerprint density at radius 1 is 1.16 bits per heavy atom. The van der Waals surface area contributed by atoms with E-state index in [4.69, 9.17) is 0 Å². The van der Waals surface area contributed by atoms with Gasteiger partial charge in [0.15, 0.2) is 0 Å². The lowest BCUT2D eigenvalue weighted by Crippen LogP contribution is -2.25. The molecule has 2 fully saturated rings. The molecule has 0 aliphatic heterocycles. The quantitative estimate of drug-likeness (QED) is 0.878. The monoisotopic (exact) mass is 261 g/mol. The van der Waals surface area contributed by atoms with Crippen LogP contribution in [0.1, 0.15) is 64.3 Å². The van der Waals surface area contributed by atoms with E-state index < -0.39 is 0 Å². The average molecular weight is 261 g/mol. The first kappa shape index (κ1) is 13.0. The van der Waals surface area contributed by atoms with Gasteiger partial charge in [-0.2, -0.15) is 0 Å². The van der Waals surface area contributed by atoms with Crippen molar-refractivity contribution in [1.29, 1.82) is 0 Å². The van der Waals surface area contributed by atoms with Crippen molar-refractivity contribution >= 4 is 5.95 Å². The zero-order valence-electron chi connectivity index (χ0n) is 12.1. The molecule has 2 aliphatic rings. The van der Waals surface area contributed by atoms with E-state index in [0.29, 0.717) is 6.04 Å². The molecule has 19 heavy (non-hydrogen) atoms. The third-order valence-electron chi connectivity index (χ3n) is 5.20. The van der Waals surface area contributed by atoms with Crippen molar-refractivity contribution < 1.29 is 0 Å². The van der Waals surface area contributed by atoms with Gasteiger partial charge in [-0.25, -0.2) is 4.98 Å². The molecule has 0 aromatic carbocycles. The van der Waals surface area contributed by atoms with E-state index >= 15 is 0 Å². The Balaban J connectivity index is 1.59. The highest BCUT2D eigenvalue weighted by atomic mass is 15.2. The summed E-state index contributed by atoms with van der Waals surface area (Å²) in [4.78, 5) is 4.52. The molecule has 2 saturated carbocycles. The molecule has 3 heteroatoms. The van der Waals surface area contributed by atoms with Crippen LogP contribution in [0.2, 0.25) is 0 Å². The van der Waals surface area contributed by atoms with Crippen LogP contribution in [0.4, 0.5) is 5.95 Å². The van der Waals surface area contributed by atoms with E-state index in [2.05, 4.69) is 28.0 Å². The first-order valence-corrected chi connectivity index (χ1v) is 8.11. The largest absolute Gasteiger partial charge is 0.355 e. The summed E-state index contributed by atoms with van der Waals surface area (Å²) in [5.41, 5.74) is 0. The molecule has 1 aromatic heterocycles. The molecule has 2 atom stereocenters. The molecule has 0 amide bonds. The van der Waals surface area contributed by atoms with Crippen LogP contribution in [0.3, 0.4) is 0 Å². The molecular weight excluding hydrogens is 234 g/mol. The van der Waals surface area contributed by atoms with E-state index in [9.17, 15) is 0 Å². The van der Waals surface area contributed by atoms with Crippen molar-refractivity contribution in [2.75, 3.05) is 11.9 Å². The second kappa shape index (κ2) is 5.98. The number of aromatic nitrogens is 2. The van der Waals surface area contributed by atoms with Crippen molar-refractivity contribution in [2.45, 2.75) is 64.3 Å². The fraction of sp³-hybridized carbons (Fsp3) is 0.812. The number of anilines is 1. The minimum atomic E-state index is 0.689. The van der Waals surface area contributed by atoms with Crippen molar-refractivity contribution in [3.8, 4) is 0 Å². The molecule has 1 heterocycles. The van der Waals surface area contributed by atoms with Gasteiger partial charge >= 0.3 is 0 Å². The van der Waals surface area contributed by atoms with Gasteiger partial charge in [0.05, 0.1) is 0 Å². The normalized spacial score (nSPS) is 28.7. The summed E-state index contributed by atoms with van der Waals surface area (Å²) in [5.74, 6) is 2.81. The second-order valence-electron chi connectivity index (χ2n) is 6.50. The molecule has 1 aromatic rings. The van der Waals surface area contributed by atoms with Crippen LogP contribution in [0.15, 0.2) is 12.4 Å². The Labute approximate surface area is 116 Å². The maximum atomic E-state index is 4.52. The summed E-state index contributed by atoms with van der Waals surface area (Å²) in [5, 5.41) is 3.62. The minimum Gasteiger partial charge on any atom is -0.355 e. The van der Waals surface area contributed by atoms with Crippen LogP contribution in [0.5, 0.6) is 0 Å². The van der Waals surface area contributed by atoms with E-state index in [1.807, 2.05) is 6.20 Å². The van der Waals surface area contributed by atoms with Crippen molar-refractivity contribution in [3.63, 3.8) is 0 Å². The molecule has 1 N–H and O–H groups in total. The van der Waals surface area contributed by atoms with Gasteiger partial charge in [0.25, 0.3) is 0 Å². The highest BCUT2D eigenvalue weighted by molar-refractivity contribution is 5.27. The fourth-order valence-corrected chi connectivity index (χ4v) is 3.85. The predicted octanol–water partition coefficient (Wildman–Crippen LogP) is 4.24. The molecule has 106 valence electrons. The zero-order valence-corrected chi connectivity index (χ0v) is 12.1. The van der Waals surface area contributed by atoms with Gasteiger partial charge in [0.1, 0.15) is 0 Å². The Hall–Kier alpha value is -0.990. The fourth-order valence-electron chi connectivity index (χ4n) is 3.85. The van der Waals surface area contributed by atoms with Crippen LogP contribution in [-0.2, 0) is 0 Å². The molecule has 3 nitrogen and oxygen atoms in total. The molecule has 2 unspecified atom stereocenters. The molecular formula is C16H27N3. The Kier molecular flexibility index (Phi) is 4.09. The highest BCUT2D eigenvalue weighted by Gasteiger charge is 2.23. The Bertz CT molecular complexity index is 392. The molecule has 0 radical (unpaired) electrons. The van der Waals surface area contributed by atoms with Crippen molar-refractivity contribution in [2.24, 2.45) is 11.8 Å². The lowest BCUT2D eigenvalue weighted by Gasteiger charge is -2.29. The van der Waals surface area contributed by atoms with Gasteiger partial charge in [-0.15, -0.1) is 0 Å². The van der Waals surface area contributed by atoms with Crippen molar-refractivity contribution in [1.82, 2.24) is 9.55 Å². The molecule has 0 bridgehead atoms. The third-order valence-corrected chi connectivity index (χ3v) is 5.20. The number of nitrogens with one attached hydrogen (secondary N) is 1. The smallest absolute Gasteiger partial charge is 0.203 e. The molecule has 0 saturated heterocycles. The maximum absolute atomic E-state index is 4.52. The lowest BCUT2D eigenvalue weighted by molar-refractivity contribution is 0.268. The molecule has 3 rings (SSSR count). The van der Waals surface area contributed by atoms with Gasteiger partial charge in [0.2, 0.25) is 5.95 Å². The first-order chi connectivity index (χ1) is 9.34. The summed E-state index contributed by atoms with van der Waals surface area (Å²) in [6, 6.07) is 0.689. The van der Waals surface area contributed by atoms with E-state index in [1.165, 1.54) is 51.4 Å². The molecule has 0 spiro atoms. The first-order valence-electron chi connectivity index (χ1n) is 8.11. The summed E-state index contributed by atoms with van der Waals surface area (Å²) < 4.78 is 2.38. The number of hydrogen-bond donors (Lipinski definition) is 1. The summed E-state index contributed by atoms with van der Waals surface area (Å²) in [6.45, 7) is 3.51. The van der Waals surface area contributed by atoms with Gasteiger partial charge in [0, 0.05) is 25.0 Å². The Morgan fingerprint density at radius 2 is 1.89 bits per heavy atom. The maximum Gasteiger partial charge on any atom is 0.203 e. The van der Waals surface area contributed by atoms with Gasteiger partial charge < -0.3 is 9.88 Å². The van der Waals surface area contributed by atoms with E-state index in [0.717, 1.165) is 24.3 Å². The highest BCUT2D eigenvalue weighted by Crippen LogP contribution is 2.32. The number of imidazole rings is 1. The van der Waals surface area contributed by atoms with Gasteiger partial charge in [-0.1, -0.05) is 39.0 Å². The van der Waals surface area contributed by atoms with Crippen LogP contribution in [0.25, 0.3) is 0 Å². The van der Waals surface area contributed by atoms with Gasteiger partial charge in [-0.05, 0) is 31.1 Å². The SMILES string of the molecule is CC1CCCCC1CNc1nccn1C1CCCC1. The standard InChI is InChI=1S/C16H27N3/c1-13-6-2-3-7-14(13)12-18-16-17-10-11-19(16)15-8-4-5-9-15/h10-11,13-15H,2-9,12H2,1H3,(H,17,18). The summed E-state index contributed by atoms with van der Waals surface area (Å²) >= 11 is 0. The predicted molar refractivity (Wildman–Crippen MR) is 79.3 cm³/mol. The Morgan fingerprint density at radius 3 is 2.68 bits per heavy atom. The van der Waals surface area contributed by atoms with E-state index in [1.54, 1.807) is 0 Å². The molecule has 2 aliphatic carbocycles. The summed E-state index contributed by atoms with van der Waals surface area (Å²) in [7, 11) is 0. The topological polar surface area (TPSA) is 29.9 Å². The van der Waals surface area contributed by atoms with Crippen LogP contribution >= 0.6 is 0 Å². The van der Waals surface area contributed by atoms with Crippen LogP contribution < -0.4 is 5.32 Å². The minimum absolute atomic E-state index is 0.689. The van der Waals surface area contributed by atoms with Crippen LogP contribution in [0, 0.1) is 11.8 Å². The second-order valence-corrected chi connectivity index (χ2v) is 6.50. The number of hydrogen-bond acceptors (Lipinski definition) is 2.